The second-order valence-electron chi connectivity index (χ2n) is 4.60. The number of carboxylic acids is 1. The highest BCUT2D eigenvalue weighted by atomic mass is 16.4. The molecule has 1 aliphatic heterocycles. The molecule has 21 heavy (non-hydrogen) atoms. The standard InChI is InChI=1S/C12H17N3O6/c1-7(16)13-6-10(18)15-4-2-3-8(15)11(19)14-5-9(17)12(20)21/h8H,2-6H2,1H3,(H,13,16)(H,14,19)(H,20,21). The van der Waals surface area contributed by atoms with Gasteiger partial charge in [-0.3, -0.25) is 19.2 Å². The summed E-state index contributed by atoms with van der Waals surface area (Å²) in [6.07, 6.45) is 1.05. The third-order valence-electron chi connectivity index (χ3n) is 3.03. The molecule has 1 unspecified atom stereocenters. The molecule has 9 nitrogen and oxygen atoms in total. The largest absolute Gasteiger partial charge is 0.475 e. The van der Waals surface area contributed by atoms with Gasteiger partial charge < -0.3 is 20.6 Å². The van der Waals surface area contributed by atoms with E-state index in [-0.39, 0.29) is 12.5 Å². The Morgan fingerprint density at radius 1 is 1.14 bits per heavy atom. The molecule has 9 heteroatoms. The molecule has 0 bridgehead atoms. The van der Waals surface area contributed by atoms with Gasteiger partial charge in [-0.25, -0.2) is 4.79 Å². The number of Topliss-reactive ketones (excluding diaryl/α,β-unsaturated/α-hetero) is 1. The number of carbonyl (C=O) groups is 5. The number of rotatable bonds is 6. The Morgan fingerprint density at radius 3 is 2.38 bits per heavy atom. The summed E-state index contributed by atoms with van der Waals surface area (Å²) in [5, 5.41) is 13.0. The molecule has 1 atom stereocenters. The van der Waals surface area contributed by atoms with Crippen LogP contribution in [0.3, 0.4) is 0 Å². The van der Waals surface area contributed by atoms with Gasteiger partial charge in [0.1, 0.15) is 6.04 Å². The summed E-state index contributed by atoms with van der Waals surface area (Å²) in [5.74, 6) is -4.07. The molecule has 0 radical (unpaired) electrons. The zero-order valence-electron chi connectivity index (χ0n) is 11.5. The van der Waals surface area contributed by atoms with Gasteiger partial charge in [-0.2, -0.15) is 0 Å². The number of carboxylic acid groups (broad SMARTS) is 1. The van der Waals surface area contributed by atoms with Gasteiger partial charge in [0.15, 0.2) is 0 Å². The highest BCUT2D eigenvalue weighted by Crippen LogP contribution is 2.17. The fourth-order valence-electron chi connectivity index (χ4n) is 2.00. The molecule has 0 aliphatic carbocycles. The predicted octanol–water partition coefficient (Wildman–Crippen LogP) is -2.12. The normalized spacial score (nSPS) is 17.2. The molecule has 1 heterocycles. The van der Waals surface area contributed by atoms with Crippen LogP contribution in [0.15, 0.2) is 0 Å². The summed E-state index contributed by atoms with van der Waals surface area (Å²) in [7, 11) is 0. The van der Waals surface area contributed by atoms with Crippen LogP contribution in [-0.4, -0.2) is 65.2 Å². The van der Waals surface area contributed by atoms with Gasteiger partial charge in [-0.1, -0.05) is 0 Å². The number of carbonyl (C=O) groups excluding carboxylic acids is 4. The Hall–Kier alpha value is -2.45. The Kier molecular flexibility index (Phi) is 5.82. The minimum absolute atomic E-state index is 0.201. The van der Waals surface area contributed by atoms with Gasteiger partial charge in [0, 0.05) is 13.5 Å². The second-order valence-corrected chi connectivity index (χ2v) is 4.60. The number of nitrogens with one attached hydrogen (secondary N) is 2. The molecule has 0 spiro atoms. The maximum atomic E-state index is 11.9. The first-order valence-corrected chi connectivity index (χ1v) is 6.40. The van der Waals surface area contributed by atoms with E-state index < -0.39 is 36.2 Å². The Bertz CT molecular complexity index is 476. The van der Waals surface area contributed by atoms with Gasteiger partial charge in [-0.05, 0) is 12.8 Å². The van der Waals surface area contributed by atoms with E-state index in [1.54, 1.807) is 0 Å². The van der Waals surface area contributed by atoms with Crippen LogP contribution in [0, 0.1) is 0 Å². The number of likely N-dealkylation sites (tertiary alicyclic amines) is 1. The number of amides is 3. The number of hydrogen-bond donors (Lipinski definition) is 3. The van der Waals surface area contributed by atoms with Gasteiger partial charge >= 0.3 is 5.97 Å². The van der Waals surface area contributed by atoms with E-state index in [0.717, 1.165) is 0 Å². The molecule has 1 saturated heterocycles. The molecule has 1 rings (SSSR count). The van der Waals surface area contributed by atoms with Crippen LogP contribution in [0.2, 0.25) is 0 Å². The maximum absolute atomic E-state index is 11.9. The highest BCUT2D eigenvalue weighted by Gasteiger charge is 2.34. The molecular weight excluding hydrogens is 282 g/mol. The van der Waals surface area contributed by atoms with Crippen LogP contribution < -0.4 is 10.6 Å². The van der Waals surface area contributed by atoms with E-state index in [4.69, 9.17) is 5.11 Å². The van der Waals surface area contributed by atoms with Crippen LogP contribution in [0.5, 0.6) is 0 Å². The maximum Gasteiger partial charge on any atom is 0.374 e. The van der Waals surface area contributed by atoms with Gasteiger partial charge in [-0.15, -0.1) is 0 Å². The third-order valence-corrected chi connectivity index (χ3v) is 3.03. The smallest absolute Gasteiger partial charge is 0.374 e. The number of ketones is 1. The van der Waals surface area contributed by atoms with E-state index >= 15 is 0 Å². The Balaban J connectivity index is 2.54. The zero-order valence-corrected chi connectivity index (χ0v) is 11.5. The van der Waals surface area contributed by atoms with Crippen molar-refractivity contribution in [1.29, 1.82) is 0 Å². The first-order valence-electron chi connectivity index (χ1n) is 6.40. The molecule has 1 fully saturated rings. The number of nitrogens with zero attached hydrogens (tertiary/aromatic N) is 1. The van der Waals surface area contributed by atoms with E-state index in [0.29, 0.717) is 19.4 Å². The lowest BCUT2D eigenvalue weighted by Crippen LogP contribution is -2.49. The summed E-state index contributed by atoms with van der Waals surface area (Å²) in [6.45, 7) is 0.841. The van der Waals surface area contributed by atoms with Gasteiger partial charge in [0.05, 0.1) is 13.1 Å². The van der Waals surface area contributed by atoms with Crippen molar-refractivity contribution in [2.45, 2.75) is 25.8 Å². The molecular formula is C12H17N3O6. The number of hydrogen-bond acceptors (Lipinski definition) is 5. The van der Waals surface area contributed by atoms with Crippen molar-refractivity contribution in [2.75, 3.05) is 19.6 Å². The molecule has 3 amide bonds. The van der Waals surface area contributed by atoms with E-state index in [1.807, 2.05) is 0 Å². The van der Waals surface area contributed by atoms with Crippen molar-refractivity contribution >= 4 is 29.5 Å². The fourth-order valence-corrected chi connectivity index (χ4v) is 2.00. The fraction of sp³-hybridized carbons (Fsp3) is 0.583. The predicted molar refractivity (Wildman–Crippen MR) is 69.1 cm³/mol. The van der Waals surface area contributed by atoms with Crippen LogP contribution in [0.25, 0.3) is 0 Å². The lowest BCUT2D eigenvalue weighted by molar-refractivity contribution is -0.149. The Morgan fingerprint density at radius 2 is 1.81 bits per heavy atom. The van der Waals surface area contributed by atoms with Crippen molar-refractivity contribution in [3.63, 3.8) is 0 Å². The van der Waals surface area contributed by atoms with Crippen LogP contribution in [0.4, 0.5) is 0 Å². The SMILES string of the molecule is CC(=O)NCC(=O)N1CCCC1C(=O)NCC(=O)C(=O)O. The van der Waals surface area contributed by atoms with Crippen LogP contribution in [0.1, 0.15) is 19.8 Å². The van der Waals surface area contributed by atoms with E-state index in [1.165, 1.54) is 11.8 Å². The minimum Gasteiger partial charge on any atom is -0.475 e. The topological polar surface area (TPSA) is 133 Å². The molecule has 0 saturated carbocycles. The summed E-state index contributed by atoms with van der Waals surface area (Å²) in [6, 6.07) is -0.743. The monoisotopic (exact) mass is 299 g/mol. The third kappa shape index (κ3) is 4.86. The first kappa shape index (κ1) is 16.6. The van der Waals surface area contributed by atoms with E-state index in [9.17, 15) is 24.0 Å². The highest BCUT2D eigenvalue weighted by molar-refractivity contribution is 6.33. The van der Waals surface area contributed by atoms with Crippen molar-refractivity contribution in [3.05, 3.63) is 0 Å². The first-order chi connectivity index (χ1) is 9.82. The number of aliphatic carboxylic acids is 1. The summed E-state index contributed by atoms with van der Waals surface area (Å²) in [5.41, 5.74) is 0. The summed E-state index contributed by atoms with van der Waals surface area (Å²) >= 11 is 0. The van der Waals surface area contributed by atoms with Crippen LogP contribution >= 0.6 is 0 Å². The Labute approximate surface area is 120 Å². The van der Waals surface area contributed by atoms with Crippen molar-refractivity contribution in [3.8, 4) is 0 Å². The van der Waals surface area contributed by atoms with Crippen molar-refractivity contribution in [2.24, 2.45) is 0 Å². The average Bonchev–Trinajstić information content (AvgIpc) is 2.90. The van der Waals surface area contributed by atoms with Crippen molar-refractivity contribution < 1.29 is 29.1 Å². The summed E-state index contributed by atoms with van der Waals surface area (Å²) < 4.78 is 0. The zero-order chi connectivity index (χ0) is 16.0. The quantitative estimate of drug-likeness (QED) is 0.480. The molecule has 0 aromatic rings. The second kappa shape index (κ2) is 7.36. The van der Waals surface area contributed by atoms with Gasteiger partial charge in [0.2, 0.25) is 17.7 Å². The minimum atomic E-state index is -1.62. The lowest BCUT2D eigenvalue weighted by atomic mass is 10.2. The van der Waals surface area contributed by atoms with Crippen molar-refractivity contribution in [1.82, 2.24) is 15.5 Å². The van der Waals surface area contributed by atoms with Gasteiger partial charge in [0.25, 0.3) is 5.78 Å². The summed E-state index contributed by atoms with van der Waals surface area (Å²) in [4.78, 5) is 57.1. The molecule has 116 valence electrons. The average molecular weight is 299 g/mol. The molecule has 3 N–H and O–H groups in total. The van der Waals surface area contributed by atoms with E-state index in [2.05, 4.69) is 10.6 Å². The van der Waals surface area contributed by atoms with Crippen LogP contribution in [-0.2, 0) is 24.0 Å². The molecule has 0 aromatic carbocycles. The molecule has 0 aromatic heterocycles. The molecule has 1 aliphatic rings. The lowest BCUT2D eigenvalue weighted by Gasteiger charge is -2.23.